The zero-order chi connectivity index (χ0) is 36.6. The maximum atomic E-state index is 14.4. The Balaban J connectivity index is 1.20. The Hall–Kier alpha value is -3.73. The normalized spacial score (nSPS) is 29.6. The monoisotopic (exact) mass is 729 g/mol. The Bertz CT molecular complexity index is 1810. The molecule has 0 unspecified atom stereocenters. The van der Waals surface area contributed by atoms with Crippen LogP contribution in [0.3, 0.4) is 0 Å². The molecule has 3 aromatic rings. The van der Waals surface area contributed by atoms with Gasteiger partial charge in [-0.3, -0.25) is 14.2 Å². The van der Waals surface area contributed by atoms with Crippen molar-refractivity contribution >= 4 is 40.2 Å². The van der Waals surface area contributed by atoms with Gasteiger partial charge in [0.2, 0.25) is 11.8 Å². The van der Waals surface area contributed by atoms with Crippen LogP contribution in [0, 0.1) is 17.8 Å². The number of aromatic nitrogens is 3. The van der Waals surface area contributed by atoms with Crippen LogP contribution in [0.5, 0.6) is 6.01 Å². The largest absolute Gasteiger partial charge is 0.464 e. The summed E-state index contributed by atoms with van der Waals surface area (Å²) in [6.07, 6.45) is 15.1. The number of hydrogen-bond acceptors (Lipinski definition) is 8. The smallest absolute Gasteiger partial charge is 0.332 e. The van der Waals surface area contributed by atoms with E-state index in [1.807, 2.05) is 13.8 Å². The lowest BCUT2D eigenvalue weighted by molar-refractivity contribution is -0.150. The molecule has 7 rings (SSSR count). The van der Waals surface area contributed by atoms with Gasteiger partial charge < -0.3 is 19.7 Å². The zero-order valence-electron chi connectivity index (χ0n) is 31.4. The van der Waals surface area contributed by atoms with Crippen LogP contribution in [0.25, 0.3) is 21.6 Å². The van der Waals surface area contributed by atoms with E-state index in [4.69, 9.17) is 19.4 Å². The Morgan fingerprint density at radius 1 is 1.06 bits per heavy atom. The predicted molar refractivity (Wildman–Crippen MR) is 203 cm³/mol. The average molecular weight is 730 g/mol. The molecule has 52 heavy (non-hydrogen) atoms. The Kier molecular flexibility index (Phi) is 10.8. The van der Waals surface area contributed by atoms with Crippen molar-refractivity contribution in [1.82, 2.24) is 24.8 Å². The maximum absolute atomic E-state index is 14.4. The maximum Gasteiger partial charge on any atom is 0.332 e. The predicted octanol–water partition coefficient (Wildman–Crippen LogP) is 7.98. The third-order valence-corrected chi connectivity index (χ3v) is 12.8. The van der Waals surface area contributed by atoms with Crippen LogP contribution in [0.15, 0.2) is 35.7 Å². The second-order valence-electron chi connectivity index (χ2n) is 15.9. The summed E-state index contributed by atoms with van der Waals surface area (Å²) in [4.78, 5) is 53.8. The summed E-state index contributed by atoms with van der Waals surface area (Å²) < 4.78 is 14.4. The number of thiazole rings is 1. The molecule has 1 aromatic carbocycles. The summed E-state index contributed by atoms with van der Waals surface area (Å²) in [5, 5.41) is 6.29. The molecule has 2 aromatic heterocycles. The van der Waals surface area contributed by atoms with E-state index in [1.54, 1.807) is 23.2 Å². The first-order valence-electron chi connectivity index (χ1n) is 19.7. The minimum absolute atomic E-state index is 0.0424. The number of carbonyl (C=O) groups excluding carboxylic acids is 3. The number of carbonyl (C=O) groups is 3. The lowest BCUT2D eigenvalue weighted by Gasteiger charge is -2.29. The Morgan fingerprint density at radius 3 is 2.60 bits per heavy atom. The third-order valence-electron chi connectivity index (χ3n) is 11.9. The van der Waals surface area contributed by atoms with Gasteiger partial charge in [-0.2, -0.15) is 4.98 Å². The van der Waals surface area contributed by atoms with Gasteiger partial charge in [0, 0.05) is 40.7 Å². The van der Waals surface area contributed by atoms with Crippen molar-refractivity contribution in [3.63, 3.8) is 0 Å². The minimum atomic E-state index is -1.11. The lowest BCUT2D eigenvalue weighted by atomic mass is 9.87. The number of benzene rings is 1. The van der Waals surface area contributed by atoms with Crippen molar-refractivity contribution in [2.45, 2.75) is 135 Å². The van der Waals surface area contributed by atoms with Crippen molar-refractivity contribution in [2.75, 3.05) is 13.2 Å². The van der Waals surface area contributed by atoms with E-state index in [9.17, 15) is 14.4 Å². The molecule has 4 aliphatic rings. The molecule has 2 saturated carbocycles. The van der Waals surface area contributed by atoms with Crippen LogP contribution in [-0.2, 0) is 19.1 Å². The average Bonchev–Trinajstić information content (AvgIpc) is 3.43. The van der Waals surface area contributed by atoms with Crippen molar-refractivity contribution in [3.05, 3.63) is 41.4 Å². The van der Waals surface area contributed by atoms with Crippen molar-refractivity contribution in [1.29, 1.82) is 0 Å². The third kappa shape index (κ3) is 7.01. The summed E-state index contributed by atoms with van der Waals surface area (Å²) in [7, 11) is 0. The number of para-hydroxylation sites is 1. The van der Waals surface area contributed by atoms with E-state index in [0.717, 1.165) is 53.7 Å². The van der Waals surface area contributed by atoms with Gasteiger partial charge in [0.25, 0.3) is 6.01 Å². The van der Waals surface area contributed by atoms with E-state index in [0.29, 0.717) is 18.3 Å². The Morgan fingerprint density at radius 2 is 1.83 bits per heavy atom. The van der Waals surface area contributed by atoms with E-state index in [-0.39, 0.29) is 48.8 Å². The molecule has 0 radical (unpaired) electrons. The van der Waals surface area contributed by atoms with Gasteiger partial charge in [-0.15, -0.1) is 11.3 Å². The van der Waals surface area contributed by atoms with Gasteiger partial charge >= 0.3 is 5.97 Å². The van der Waals surface area contributed by atoms with Gasteiger partial charge in [0.05, 0.1) is 24.4 Å². The molecule has 4 heterocycles. The number of ether oxygens (including phenoxy) is 2. The summed E-state index contributed by atoms with van der Waals surface area (Å²) in [5.74, 6) is -1.02. The summed E-state index contributed by atoms with van der Waals surface area (Å²) in [6, 6.07) is 5.93. The van der Waals surface area contributed by atoms with E-state index in [1.165, 1.54) is 37.8 Å². The van der Waals surface area contributed by atoms with Crippen LogP contribution in [0.4, 0.5) is 0 Å². The van der Waals surface area contributed by atoms with Crippen LogP contribution in [-0.4, -0.2) is 68.1 Å². The standard InChI is InChI=1S/C41H55N5O5S/c1-6-50-39(49)41-22-29(41)19-14-9-7-8-11-16-26(4)38(48)45-23-33(27(5)35(45)36(47)44-41)51-40-43-34-30(20-15-21-32(34)46(40)25(2)3)37-42-31(24-52-37)28-17-12-10-13-18-28/h14-15,19-21,24-29,33,35H,6-13,16-18,22-23H2,1-5H3,(H,44,47)/b19-14-/t26-,27+,29+,33-,35-,41+/m0/s1. The molecule has 280 valence electrons. The summed E-state index contributed by atoms with van der Waals surface area (Å²) in [6.45, 7) is 10.4. The van der Waals surface area contributed by atoms with Gasteiger partial charge in [-0.1, -0.05) is 64.2 Å². The number of esters is 1. The zero-order valence-corrected chi connectivity index (χ0v) is 32.3. The molecule has 0 spiro atoms. The van der Waals surface area contributed by atoms with Crippen molar-refractivity contribution in [2.24, 2.45) is 17.8 Å². The highest BCUT2D eigenvalue weighted by atomic mass is 32.1. The molecular formula is C41H55N5O5S. The number of nitrogens with one attached hydrogen (secondary N) is 1. The molecule has 2 aliphatic carbocycles. The van der Waals surface area contributed by atoms with Crippen LogP contribution in [0.2, 0.25) is 0 Å². The fraction of sp³-hybridized carbons (Fsp3) is 0.634. The second kappa shape index (κ2) is 15.3. The second-order valence-corrected chi connectivity index (χ2v) is 16.7. The first-order chi connectivity index (χ1) is 25.1. The number of hydrogen-bond donors (Lipinski definition) is 1. The quantitative estimate of drug-likeness (QED) is 0.194. The molecule has 2 amide bonds. The molecule has 1 saturated heterocycles. The highest BCUT2D eigenvalue weighted by Gasteiger charge is 2.62. The van der Waals surface area contributed by atoms with Crippen molar-refractivity contribution in [3.8, 4) is 16.6 Å². The number of nitrogens with zero attached hydrogens (tertiary/aromatic N) is 4. The van der Waals surface area contributed by atoms with E-state index in [2.05, 4.69) is 59.5 Å². The topological polar surface area (TPSA) is 116 Å². The van der Waals surface area contributed by atoms with Crippen LogP contribution in [0.1, 0.15) is 123 Å². The van der Waals surface area contributed by atoms with E-state index < -0.39 is 23.7 Å². The molecule has 10 nitrogen and oxygen atoms in total. The first-order valence-corrected chi connectivity index (χ1v) is 20.6. The minimum Gasteiger partial charge on any atom is -0.464 e. The highest BCUT2D eigenvalue weighted by Crippen LogP contribution is 2.47. The summed E-state index contributed by atoms with van der Waals surface area (Å²) in [5.41, 5.74) is 2.86. The Labute approximate surface area is 311 Å². The molecule has 6 atom stereocenters. The van der Waals surface area contributed by atoms with Crippen LogP contribution >= 0.6 is 11.3 Å². The van der Waals surface area contributed by atoms with Gasteiger partial charge in [-0.05, 0) is 71.4 Å². The fourth-order valence-electron chi connectivity index (χ4n) is 8.75. The number of rotatable bonds is 7. The van der Waals surface area contributed by atoms with Gasteiger partial charge in [0.1, 0.15) is 28.2 Å². The number of imidazole rings is 1. The van der Waals surface area contributed by atoms with Gasteiger partial charge in [0.15, 0.2) is 0 Å². The SMILES string of the molecule is CCOC(=O)[C@@]12C[C@H]1/C=C\CCCCC[C@H](C)C(=O)N1C[C@H](Oc3nc4c(-c5nc(C6CCCCC6)cs5)cccc4n3C(C)C)[C@@H](C)[C@H]1C(=O)N2. The number of fused-ring (bicyclic) bond motifs is 3. The molecule has 2 aliphatic heterocycles. The van der Waals surface area contributed by atoms with Gasteiger partial charge in [-0.25, -0.2) is 9.78 Å². The molecule has 11 heteroatoms. The molecule has 0 bridgehead atoms. The van der Waals surface area contributed by atoms with Crippen LogP contribution < -0.4 is 10.1 Å². The number of allylic oxidation sites excluding steroid dienone is 1. The molecular weight excluding hydrogens is 675 g/mol. The summed E-state index contributed by atoms with van der Waals surface area (Å²) >= 11 is 1.68. The van der Waals surface area contributed by atoms with Crippen molar-refractivity contribution < 1.29 is 23.9 Å². The first kappa shape index (κ1) is 36.6. The lowest BCUT2D eigenvalue weighted by Crippen LogP contribution is -2.55. The van der Waals surface area contributed by atoms with E-state index >= 15 is 0 Å². The highest BCUT2D eigenvalue weighted by molar-refractivity contribution is 7.13. The number of amides is 2. The molecule has 1 N–H and O–H groups in total. The fourth-order valence-corrected chi connectivity index (χ4v) is 9.68. The molecule has 3 fully saturated rings.